The van der Waals surface area contributed by atoms with E-state index in [9.17, 15) is 0 Å². The van der Waals surface area contributed by atoms with Crippen LogP contribution >= 0.6 is 0 Å². The minimum absolute atomic E-state index is 1.10. The van der Waals surface area contributed by atoms with Crippen LogP contribution in [0.3, 0.4) is 0 Å². The highest BCUT2D eigenvalue weighted by Gasteiger charge is 2.25. The van der Waals surface area contributed by atoms with Gasteiger partial charge in [-0.2, -0.15) is 0 Å². The monoisotopic (exact) mass is 784 g/mol. The molecule has 0 unspecified atom stereocenters. The molecule has 292 valence electrons. The second-order valence-corrected chi connectivity index (χ2v) is 15.9. The molecule has 4 heteroatoms. The van der Waals surface area contributed by atoms with Crippen LogP contribution in [0.4, 0.5) is 34.1 Å². The van der Waals surface area contributed by atoms with E-state index in [0.29, 0.717) is 0 Å². The summed E-state index contributed by atoms with van der Waals surface area (Å²) < 4.78 is 4.76. The fourth-order valence-corrected chi connectivity index (χ4v) is 9.72. The van der Waals surface area contributed by atoms with Crippen molar-refractivity contribution < 1.29 is 0 Å². The summed E-state index contributed by atoms with van der Waals surface area (Å²) in [4.78, 5) is 4.86. The predicted octanol–water partition coefficient (Wildman–Crippen LogP) is 15.7. The van der Waals surface area contributed by atoms with Crippen LogP contribution < -0.4 is 9.80 Å². The van der Waals surface area contributed by atoms with Crippen LogP contribution in [0.2, 0.25) is 0 Å². The molecule has 0 aliphatic heterocycles. The molecule has 11 rings (SSSR count). The predicted molar refractivity (Wildman–Crippen MR) is 259 cm³/mol. The zero-order chi connectivity index (χ0) is 41.0. The van der Waals surface area contributed by atoms with E-state index < -0.39 is 0 Å². The Labute approximate surface area is 356 Å². The first-order valence-electron chi connectivity index (χ1n) is 21.0. The van der Waals surface area contributed by atoms with Crippen molar-refractivity contribution in [3.05, 3.63) is 229 Å². The lowest BCUT2D eigenvalue weighted by Crippen LogP contribution is -2.18. The van der Waals surface area contributed by atoms with Crippen LogP contribution in [-0.4, -0.2) is 9.13 Å². The Morgan fingerprint density at radius 2 is 0.574 bits per heavy atom. The van der Waals surface area contributed by atoms with Gasteiger partial charge in [0.2, 0.25) is 0 Å². The zero-order valence-corrected chi connectivity index (χ0v) is 34.5. The molecule has 0 spiro atoms. The van der Waals surface area contributed by atoms with E-state index in [1.54, 1.807) is 0 Å². The highest BCUT2D eigenvalue weighted by atomic mass is 15.2. The van der Waals surface area contributed by atoms with Crippen LogP contribution in [-0.2, 0) is 0 Å². The van der Waals surface area contributed by atoms with E-state index >= 15 is 0 Å². The van der Waals surface area contributed by atoms with Gasteiger partial charge in [0.25, 0.3) is 0 Å². The molecule has 0 aliphatic carbocycles. The van der Waals surface area contributed by atoms with Gasteiger partial charge in [-0.3, -0.25) is 0 Å². The van der Waals surface area contributed by atoms with Crippen LogP contribution in [0.5, 0.6) is 0 Å². The van der Waals surface area contributed by atoms with Crippen molar-refractivity contribution in [2.75, 3.05) is 9.80 Å². The van der Waals surface area contributed by atoms with Gasteiger partial charge in [0.15, 0.2) is 0 Å². The number of fused-ring (bicyclic) bond motifs is 6. The second kappa shape index (κ2) is 14.8. The smallest absolute Gasteiger partial charge is 0.0541 e. The van der Waals surface area contributed by atoms with Gasteiger partial charge in [0.05, 0.1) is 33.4 Å². The molecule has 0 saturated heterocycles. The van der Waals surface area contributed by atoms with Crippen molar-refractivity contribution >= 4 is 77.7 Å². The molecule has 11 aromatic rings. The SMILES string of the molecule is Cc1cc(C)c(N(c2ccccc2)c2ccc(-n3c4ccccc4c4ccccc43)cc2)c(C)c1N(c1ccccc1)c1ccc(-n2c3ccccc3c3ccccc32)cc1. The molecule has 0 fully saturated rings. The number of rotatable bonds is 8. The van der Waals surface area contributed by atoms with E-state index in [2.05, 4.69) is 252 Å². The number of hydrogen-bond acceptors (Lipinski definition) is 2. The number of anilines is 6. The zero-order valence-electron chi connectivity index (χ0n) is 34.5. The van der Waals surface area contributed by atoms with Gasteiger partial charge >= 0.3 is 0 Å². The molecule has 2 aromatic heterocycles. The van der Waals surface area contributed by atoms with Crippen molar-refractivity contribution in [2.24, 2.45) is 0 Å². The maximum atomic E-state index is 2.43. The van der Waals surface area contributed by atoms with Crippen molar-refractivity contribution in [3.63, 3.8) is 0 Å². The molecule has 0 N–H and O–H groups in total. The van der Waals surface area contributed by atoms with Gasteiger partial charge < -0.3 is 18.9 Å². The van der Waals surface area contributed by atoms with E-state index in [0.717, 1.165) is 34.1 Å². The van der Waals surface area contributed by atoms with Crippen molar-refractivity contribution in [3.8, 4) is 11.4 Å². The molecule has 61 heavy (non-hydrogen) atoms. The molecule has 9 aromatic carbocycles. The molecule has 0 bridgehead atoms. The Morgan fingerprint density at radius 3 is 0.902 bits per heavy atom. The highest BCUT2D eigenvalue weighted by Crippen LogP contribution is 2.47. The number of benzene rings is 9. The fourth-order valence-electron chi connectivity index (χ4n) is 9.72. The summed E-state index contributed by atoms with van der Waals surface area (Å²) in [5.74, 6) is 0. The second-order valence-electron chi connectivity index (χ2n) is 15.9. The topological polar surface area (TPSA) is 16.3 Å². The van der Waals surface area contributed by atoms with Crippen LogP contribution in [0.15, 0.2) is 212 Å². The Morgan fingerprint density at radius 1 is 0.295 bits per heavy atom. The minimum Gasteiger partial charge on any atom is -0.310 e. The quantitative estimate of drug-likeness (QED) is 0.153. The molecule has 0 saturated carbocycles. The lowest BCUT2D eigenvalue weighted by atomic mass is 9.97. The Bertz CT molecular complexity index is 3050. The van der Waals surface area contributed by atoms with E-state index in [1.165, 1.54) is 71.7 Å². The highest BCUT2D eigenvalue weighted by molar-refractivity contribution is 6.10. The van der Waals surface area contributed by atoms with E-state index in [4.69, 9.17) is 0 Å². The molecule has 0 amide bonds. The Balaban J connectivity index is 1.06. The molecule has 0 atom stereocenters. The Kier molecular flexibility index (Phi) is 8.79. The third-order valence-corrected chi connectivity index (χ3v) is 12.3. The van der Waals surface area contributed by atoms with Crippen molar-refractivity contribution in [1.82, 2.24) is 9.13 Å². The van der Waals surface area contributed by atoms with Gasteiger partial charge in [-0.1, -0.05) is 115 Å². The first-order chi connectivity index (χ1) is 30.0. The molecule has 2 heterocycles. The molecular formula is C57H44N4. The summed E-state index contributed by atoms with van der Waals surface area (Å²) in [6, 6.07) is 76.8. The lowest BCUT2D eigenvalue weighted by Gasteiger charge is -2.34. The first-order valence-corrected chi connectivity index (χ1v) is 21.0. The van der Waals surface area contributed by atoms with Gasteiger partial charge in [-0.15, -0.1) is 0 Å². The summed E-state index contributed by atoms with van der Waals surface area (Å²) in [6.45, 7) is 6.78. The normalized spacial score (nSPS) is 11.5. The summed E-state index contributed by atoms with van der Waals surface area (Å²) >= 11 is 0. The Hall–Kier alpha value is -7.82. The number of para-hydroxylation sites is 6. The maximum absolute atomic E-state index is 2.43. The number of nitrogens with zero attached hydrogens (tertiary/aromatic N) is 4. The summed E-state index contributed by atoms with van der Waals surface area (Å²) in [5, 5.41) is 5.04. The average molecular weight is 785 g/mol. The van der Waals surface area contributed by atoms with Gasteiger partial charge in [-0.05, 0) is 135 Å². The number of aromatic nitrogens is 2. The molecular weight excluding hydrogens is 741 g/mol. The molecule has 0 radical (unpaired) electrons. The van der Waals surface area contributed by atoms with E-state index in [-0.39, 0.29) is 0 Å². The van der Waals surface area contributed by atoms with Gasteiger partial charge in [-0.25, -0.2) is 0 Å². The van der Waals surface area contributed by atoms with Crippen LogP contribution in [0, 0.1) is 20.8 Å². The van der Waals surface area contributed by atoms with E-state index in [1.807, 2.05) is 0 Å². The lowest BCUT2D eigenvalue weighted by molar-refractivity contribution is 1.15. The van der Waals surface area contributed by atoms with Crippen molar-refractivity contribution in [1.29, 1.82) is 0 Å². The maximum Gasteiger partial charge on any atom is 0.0541 e. The number of hydrogen-bond donors (Lipinski definition) is 0. The largest absolute Gasteiger partial charge is 0.310 e. The minimum atomic E-state index is 1.10. The fraction of sp³-hybridized carbons (Fsp3) is 0.0526. The average Bonchev–Trinajstić information content (AvgIpc) is 3.83. The third-order valence-electron chi connectivity index (χ3n) is 12.3. The summed E-state index contributed by atoms with van der Waals surface area (Å²) in [6.07, 6.45) is 0. The van der Waals surface area contributed by atoms with Gasteiger partial charge in [0.1, 0.15) is 0 Å². The molecule has 0 aliphatic rings. The third kappa shape index (κ3) is 5.98. The van der Waals surface area contributed by atoms with Crippen LogP contribution in [0.1, 0.15) is 16.7 Å². The summed E-state index contributed by atoms with van der Waals surface area (Å²) in [7, 11) is 0. The van der Waals surface area contributed by atoms with Crippen LogP contribution in [0.25, 0.3) is 55.0 Å². The first kappa shape index (κ1) is 36.3. The molecule has 4 nitrogen and oxygen atoms in total. The van der Waals surface area contributed by atoms with Gasteiger partial charge in [0, 0.05) is 55.7 Å². The standard InChI is InChI=1S/C57H44N4/c1-39-38-40(2)57(59(43-20-8-5-9-21-43)45-32-36-47(37-33-45)61-54-28-16-12-24-50(54)51-25-13-17-29-55(51)61)41(3)56(39)58(42-18-6-4-7-19-42)44-30-34-46(35-31-44)60-52-26-14-10-22-48(52)49-23-11-15-27-53(49)60/h4-38H,1-3H3. The number of aryl methyl sites for hydroxylation is 2. The summed E-state index contributed by atoms with van der Waals surface area (Å²) in [5.41, 5.74) is 17.4. The van der Waals surface area contributed by atoms with Crippen molar-refractivity contribution in [2.45, 2.75) is 20.8 Å².